The molecule has 1 aliphatic rings. The van der Waals surface area contributed by atoms with Crippen molar-refractivity contribution in [1.82, 2.24) is 0 Å². The zero-order valence-electron chi connectivity index (χ0n) is 18.6. The quantitative estimate of drug-likeness (QED) is 0.476. The number of hydrogen-bond donors (Lipinski definition) is 3. The van der Waals surface area contributed by atoms with Gasteiger partial charge in [-0.2, -0.15) is 0 Å². The van der Waals surface area contributed by atoms with Crippen LogP contribution in [0, 0.1) is 5.82 Å². The Kier molecular flexibility index (Phi) is 6.14. The number of amides is 2. The van der Waals surface area contributed by atoms with Crippen LogP contribution in [0.2, 0.25) is 0 Å². The molecule has 3 aromatic carbocycles. The minimum Gasteiger partial charge on any atom is -0.481 e. The number of nitrogens with one attached hydrogen (secondary N) is 2. The minimum atomic E-state index is -0.939. The Morgan fingerprint density at radius 2 is 1.71 bits per heavy atom. The van der Waals surface area contributed by atoms with E-state index in [1.807, 2.05) is 0 Å². The van der Waals surface area contributed by atoms with Crippen molar-refractivity contribution < 1.29 is 23.9 Å². The molecule has 1 heterocycles. The van der Waals surface area contributed by atoms with E-state index in [2.05, 4.69) is 10.6 Å². The van der Waals surface area contributed by atoms with Gasteiger partial charge in [0.1, 0.15) is 5.82 Å². The van der Waals surface area contributed by atoms with Crippen molar-refractivity contribution >= 4 is 46.1 Å². The maximum Gasteiger partial charge on any atom is 0.307 e. The zero-order chi connectivity index (χ0) is 24.4. The number of aliphatic carboxylic acids is 1. The number of benzene rings is 3. The third-order valence-corrected chi connectivity index (χ3v) is 5.57. The van der Waals surface area contributed by atoms with Crippen LogP contribution in [-0.4, -0.2) is 29.9 Å². The summed E-state index contributed by atoms with van der Waals surface area (Å²) in [4.78, 5) is 37.1. The molecule has 3 N–H and O–H groups in total. The average molecular weight is 459 g/mol. The van der Waals surface area contributed by atoms with E-state index >= 15 is 0 Å². The Labute approximate surface area is 195 Å². The van der Waals surface area contributed by atoms with E-state index in [1.165, 1.54) is 24.0 Å². The number of carbonyl (C=O) groups is 3. The van der Waals surface area contributed by atoms with Crippen LogP contribution in [0.4, 0.5) is 21.5 Å². The summed E-state index contributed by atoms with van der Waals surface area (Å²) in [7, 11) is 1.68. The van der Waals surface area contributed by atoms with Gasteiger partial charge in [0, 0.05) is 30.9 Å². The van der Waals surface area contributed by atoms with Gasteiger partial charge >= 0.3 is 5.97 Å². The molecule has 0 saturated carbocycles. The average Bonchev–Trinajstić information content (AvgIpc) is 3.12. The van der Waals surface area contributed by atoms with E-state index in [9.17, 15) is 18.8 Å². The van der Waals surface area contributed by atoms with Gasteiger partial charge in [-0.15, -0.1) is 0 Å². The molecule has 0 saturated heterocycles. The van der Waals surface area contributed by atoms with E-state index in [-0.39, 0.29) is 18.2 Å². The molecule has 2 amide bonds. The molecule has 34 heavy (non-hydrogen) atoms. The van der Waals surface area contributed by atoms with Gasteiger partial charge in [0.15, 0.2) is 0 Å². The molecule has 4 rings (SSSR count). The molecule has 0 fully saturated rings. The molecule has 0 aromatic heterocycles. The molecule has 0 spiro atoms. The lowest BCUT2D eigenvalue weighted by Crippen LogP contribution is -2.22. The number of fused-ring (bicyclic) bond motifs is 1. The summed E-state index contributed by atoms with van der Waals surface area (Å²) in [5.74, 6) is -1.88. The van der Waals surface area contributed by atoms with Crippen LogP contribution in [0.1, 0.15) is 23.6 Å². The summed E-state index contributed by atoms with van der Waals surface area (Å²) >= 11 is 0. The second kappa shape index (κ2) is 9.19. The standard InChI is InChI=1S/C26H22FN3O4/c1-15(31)30(2)20-10-8-19(9-11-20)28-25(17-5-3-16(4-6-17)13-23(32)33)24-21-12-7-18(27)14-22(21)29-26(24)34/h3-12,14,28H,13H2,1-2H3,(H,29,34)(H,32,33). The van der Waals surface area contributed by atoms with E-state index < -0.39 is 11.8 Å². The lowest BCUT2D eigenvalue weighted by Gasteiger charge is -2.18. The first-order chi connectivity index (χ1) is 16.2. The molecule has 8 heteroatoms. The van der Waals surface area contributed by atoms with Gasteiger partial charge in [-0.25, -0.2) is 4.39 Å². The summed E-state index contributed by atoms with van der Waals surface area (Å²) in [6.45, 7) is 1.47. The summed E-state index contributed by atoms with van der Waals surface area (Å²) in [5.41, 5.74) is 4.41. The van der Waals surface area contributed by atoms with Crippen molar-refractivity contribution in [2.75, 3.05) is 22.6 Å². The van der Waals surface area contributed by atoms with Crippen LogP contribution in [0.15, 0.2) is 66.7 Å². The zero-order valence-corrected chi connectivity index (χ0v) is 18.6. The first-order valence-corrected chi connectivity index (χ1v) is 10.5. The molecular weight excluding hydrogens is 437 g/mol. The Bertz CT molecular complexity index is 1310. The van der Waals surface area contributed by atoms with Gasteiger partial charge in [-0.3, -0.25) is 14.4 Å². The van der Waals surface area contributed by atoms with Crippen LogP contribution in [0.5, 0.6) is 0 Å². The third kappa shape index (κ3) is 4.66. The number of rotatable bonds is 6. The second-order valence-corrected chi connectivity index (χ2v) is 7.91. The Balaban J connectivity index is 1.78. The number of carbonyl (C=O) groups excluding carboxylic acids is 2. The van der Waals surface area contributed by atoms with E-state index in [4.69, 9.17) is 5.11 Å². The predicted octanol–water partition coefficient (Wildman–Crippen LogP) is 4.37. The third-order valence-electron chi connectivity index (χ3n) is 5.57. The molecule has 3 aromatic rings. The highest BCUT2D eigenvalue weighted by atomic mass is 19.1. The number of halogens is 1. The van der Waals surface area contributed by atoms with Crippen LogP contribution in [0.25, 0.3) is 11.3 Å². The van der Waals surface area contributed by atoms with Crippen LogP contribution < -0.4 is 15.5 Å². The molecular formula is C26H22FN3O4. The van der Waals surface area contributed by atoms with Crippen molar-refractivity contribution in [3.8, 4) is 0 Å². The number of anilines is 3. The highest BCUT2D eigenvalue weighted by Crippen LogP contribution is 2.38. The maximum absolute atomic E-state index is 13.7. The maximum atomic E-state index is 13.7. The van der Waals surface area contributed by atoms with Crippen LogP contribution >= 0.6 is 0 Å². The first kappa shape index (κ1) is 22.7. The molecule has 0 atom stereocenters. The number of carboxylic acid groups (broad SMARTS) is 1. The molecule has 0 unspecified atom stereocenters. The topological polar surface area (TPSA) is 98.7 Å². The largest absolute Gasteiger partial charge is 0.481 e. The van der Waals surface area contributed by atoms with Crippen molar-refractivity contribution in [3.05, 3.63) is 89.2 Å². The molecule has 1 aliphatic heterocycles. The van der Waals surface area contributed by atoms with Gasteiger partial charge in [0.2, 0.25) is 5.91 Å². The van der Waals surface area contributed by atoms with E-state index in [0.29, 0.717) is 45.0 Å². The van der Waals surface area contributed by atoms with Gasteiger partial charge in [0.05, 0.1) is 23.4 Å². The van der Waals surface area contributed by atoms with Crippen molar-refractivity contribution in [3.63, 3.8) is 0 Å². The molecule has 7 nitrogen and oxygen atoms in total. The Morgan fingerprint density at radius 1 is 1.03 bits per heavy atom. The first-order valence-electron chi connectivity index (χ1n) is 10.5. The SMILES string of the molecule is CC(=O)N(C)c1ccc(NC(=C2C(=O)Nc3cc(F)ccc32)c2ccc(CC(=O)O)cc2)cc1. The van der Waals surface area contributed by atoms with Crippen molar-refractivity contribution in [2.24, 2.45) is 0 Å². The monoisotopic (exact) mass is 459 g/mol. The number of carboxylic acids is 1. The predicted molar refractivity (Wildman–Crippen MR) is 129 cm³/mol. The van der Waals surface area contributed by atoms with Gasteiger partial charge in [0.25, 0.3) is 5.91 Å². The molecule has 172 valence electrons. The second-order valence-electron chi connectivity index (χ2n) is 7.91. The highest BCUT2D eigenvalue weighted by Gasteiger charge is 2.29. The summed E-state index contributed by atoms with van der Waals surface area (Å²) in [6, 6.07) is 18.1. The smallest absolute Gasteiger partial charge is 0.307 e. The van der Waals surface area contributed by atoms with E-state index in [1.54, 1.807) is 61.6 Å². The summed E-state index contributed by atoms with van der Waals surface area (Å²) < 4.78 is 13.7. The summed E-state index contributed by atoms with van der Waals surface area (Å²) in [6.07, 6.45) is -0.118. The number of nitrogens with zero attached hydrogens (tertiary/aromatic N) is 1. The van der Waals surface area contributed by atoms with Crippen LogP contribution in [0.3, 0.4) is 0 Å². The van der Waals surface area contributed by atoms with Crippen molar-refractivity contribution in [2.45, 2.75) is 13.3 Å². The molecule has 0 bridgehead atoms. The Hall–Kier alpha value is -4.46. The normalized spacial score (nSPS) is 13.7. The van der Waals surface area contributed by atoms with Gasteiger partial charge in [-0.05, 0) is 53.6 Å². The fraction of sp³-hybridized carbons (Fsp3) is 0.115. The lowest BCUT2D eigenvalue weighted by atomic mass is 9.98. The molecule has 0 radical (unpaired) electrons. The van der Waals surface area contributed by atoms with Crippen LogP contribution in [-0.2, 0) is 20.8 Å². The van der Waals surface area contributed by atoms with Gasteiger partial charge in [-0.1, -0.05) is 24.3 Å². The Morgan fingerprint density at radius 3 is 2.32 bits per heavy atom. The fourth-order valence-electron chi connectivity index (χ4n) is 3.73. The minimum absolute atomic E-state index is 0.101. The number of hydrogen-bond acceptors (Lipinski definition) is 4. The highest BCUT2D eigenvalue weighted by molar-refractivity contribution is 6.37. The van der Waals surface area contributed by atoms with E-state index in [0.717, 1.165) is 0 Å². The van der Waals surface area contributed by atoms with Crippen molar-refractivity contribution in [1.29, 1.82) is 0 Å². The summed E-state index contributed by atoms with van der Waals surface area (Å²) in [5, 5.41) is 15.0. The molecule has 0 aliphatic carbocycles. The van der Waals surface area contributed by atoms with Gasteiger partial charge < -0.3 is 20.6 Å². The lowest BCUT2D eigenvalue weighted by molar-refractivity contribution is -0.136. The fourth-order valence-corrected chi connectivity index (χ4v) is 3.73.